The maximum absolute atomic E-state index is 11.8. The van der Waals surface area contributed by atoms with Crippen LogP contribution in [0.15, 0.2) is 0 Å². The van der Waals surface area contributed by atoms with Crippen molar-refractivity contribution in [1.29, 1.82) is 0 Å². The predicted octanol–water partition coefficient (Wildman–Crippen LogP) is 0.354. The van der Waals surface area contributed by atoms with Crippen LogP contribution in [0.4, 0.5) is 0 Å². The summed E-state index contributed by atoms with van der Waals surface area (Å²) in [6.45, 7) is 3.62. The van der Waals surface area contributed by atoms with E-state index in [9.17, 15) is 16.8 Å². The van der Waals surface area contributed by atoms with Crippen LogP contribution in [0, 0.1) is 0 Å². The topological polar surface area (TPSA) is 102 Å². The molecule has 19 heavy (non-hydrogen) atoms. The molecule has 0 spiro atoms. The van der Waals surface area contributed by atoms with Crippen molar-refractivity contribution in [2.75, 3.05) is 14.1 Å². The molecule has 2 unspecified atom stereocenters. The molecule has 0 aromatic heterocycles. The Morgan fingerprint density at radius 2 is 1.16 bits per heavy atom. The van der Waals surface area contributed by atoms with Crippen LogP contribution in [0.2, 0.25) is 0 Å². The number of ether oxygens (including phenoxy) is 1. The summed E-state index contributed by atoms with van der Waals surface area (Å²) < 4.78 is 56.9. The van der Waals surface area contributed by atoms with Crippen LogP contribution in [0.3, 0.4) is 0 Å². The highest BCUT2D eigenvalue weighted by molar-refractivity contribution is 7.90. The molecule has 0 rings (SSSR count). The lowest BCUT2D eigenvalue weighted by Crippen LogP contribution is -2.41. The number of sulfonamides is 2. The molecule has 0 fully saturated rings. The minimum absolute atomic E-state index is 0.239. The minimum Gasteiger partial charge on any atom is -0.340 e. The summed E-state index contributed by atoms with van der Waals surface area (Å²) in [7, 11) is -4.78. The van der Waals surface area contributed by atoms with E-state index < -0.39 is 30.9 Å². The van der Waals surface area contributed by atoms with Crippen molar-refractivity contribution in [3.05, 3.63) is 0 Å². The fourth-order valence-corrected chi connectivity index (χ4v) is 3.75. The largest absolute Gasteiger partial charge is 0.340 e. The van der Waals surface area contributed by atoms with Crippen LogP contribution in [-0.4, -0.2) is 41.8 Å². The van der Waals surface area contributed by atoms with Crippen LogP contribution in [0.5, 0.6) is 0 Å². The number of rotatable bonds is 10. The molecule has 0 aliphatic rings. The Labute approximate surface area is 116 Å². The van der Waals surface area contributed by atoms with Gasteiger partial charge < -0.3 is 4.74 Å². The van der Waals surface area contributed by atoms with E-state index in [0.717, 1.165) is 0 Å². The van der Waals surface area contributed by atoms with Crippen LogP contribution in [0.1, 0.15) is 39.5 Å². The highest BCUT2D eigenvalue weighted by Gasteiger charge is 2.32. The molecule has 0 saturated carbocycles. The summed E-state index contributed by atoms with van der Waals surface area (Å²) in [5.74, 6) is 0. The zero-order valence-corrected chi connectivity index (χ0v) is 13.5. The summed E-state index contributed by atoms with van der Waals surface area (Å²) in [6.07, 6.45) is 1.62. The lowest BCUT2D eigenvalue weighted by Gasteiger charge is -2.23. The van der Waals surface area contributed by atoms with Gasteiger partial charge in [0.05, 0.1) is 0 Å². The van der Waals surface area contributed by atoms with Crippen molar-refractivity contribution in [1.82, 2.24) is 9.44 Å². The summed E-state index contributed by atoms with van der Waals surface area (Å²) in [5, 5.41) is 0. The third kappa shape index (κ3) is 5.74. The molecule has 0 aliphatic heterocycles. The van der Waals surface area contributed by atoms with Crippen LogP contribution < -0.4 is 9.44 Å². The van der Waals surface area contributed by atoms with Gasteiger partial charge in [-0.25, -0.2) is 26.3 Å². The van der Waals surface area contributed by atoms with Gasteiger partial charge in [-0.2, -0.15) is 0 Å². The molecule has 2 N–H and O–H groups in total. The second-order valence-electron chi connectivity index (χ2n) is 4.07. The minimum atomic E-state index is -3.67. The summed E-state index contributed by atoms with van der Waals surface area (Å²) >= 11 is 0. The summed E-state index contributed by atoms with van der Waals surface area (Å²) in [4.78, 5) is 0. The van der Waals surface area contributed by atoms with Gasteiger partial charge in [0.25, 0.3) is 0 Å². The second kappa shape index (κ2) is 8.15. The first kappa shape index (κ1) is 18.8. The first-order valence-electron chi connectivity index (χ1n) is 6.25. The Morgan fingerprint density at radius 1 is 0.842 bits per heavy atom. The molecule has 0 bridgehead atoms. The predicted molar refractivity (Wildman–Crippen MR) is 74.4 cm³/mol. The van der Waals surface area contributed by atoms with Gasteiger partial charge in [-0.05, 0) is 26.9 Å². The van der Waals surface area contributed by atoms with E-state index in [2.05, 4.69) is 9.44 Å². The highest BCUT2D eigenvalue weighted by atomic mass is 32.2. The maximum atomic E-state index is 11.8. The van der Waals surface area contributed by atoms with Gasteiger partial charge in [0.2, 0.25) is 20.0 Å². The summed E-state index contributed by atoms with van der Waals surface area (Å²) in [5.41, 5.74) is -2.33. The molecular formula is C10H24N2O5S2. The average molecular weight is 316 g/mol. The van der Waals surface area contributed by atoms with E-state index >= 15 is 0 Å². The zero-order chi connectivity index (χ0) is 15.1. The smallest absolute Gasteiger partial charge is 0.238 e. The fraction of sp³-hybridized carbons (Fsp3) is 1.00. The Kier molecular flexibility index (Phi) is 8.06. The average Bonchev–Trinajstić information content (AvgIpc) is 2.37. The fourth-order valence-electron chi connectivity index (χ4n) is 1.50. The SMILES string of the molecule is CCCC(OC(CCC)S(=O)(=O)NC)S(=O)(=O)NC. The molecule has 0 heterocycles. The van der Waals surface area contributed by atoms with E-state index in [-0.39, 0.29) is 12.8 Å². The van der Waals surface area contributed by atoms with Gasteiger partial charge >= 0.3 is 0 Å². The van der Waals surface area contributed by atoms with Crippen molar-refractivity contribution in [2.45, 2.75) is 50.4 Å². The summed E-state index contributed by atoms with van der Waals surface area (Å²) in [6, 6.07) is 0. The Hall–Kier alpha value is -0.220. The van der Waals surface area contributed by atoms with Crippen LogP contribution >= 0.6 is 0 Å². The molecule has 116 valence electrons. The van der Waals surface area contributed by atoms with Crippen molar-refractivity contribution < 1.29 is 21.6 Å². The highest BCUT2D eigenvalue weighted by Crippen LogP contribution is 2.17. The molecule has 0 radical (unpaired) electrons. The van der Waals surface area contributed by atoms with Crippen LogP contribution in [0.25, 0.3) is 0 Å². The molecule has 0 aliphatic carbocycles. The third-order valence-electron chi connectivity index (χ3n) is 2.61. The number of nitrogens with one attached hydrogen (secondary N) is 2. The van der Waals surface area contributed by atoms with E-state index in [1.807, 2.05) is 13.8 Å². The van der Waals surface area contributed by atoms with Crippen molar-refractivity contribution in [2.24, 2.45) is 0 Å². The van der Waals surface area contributed by atoms with Crippen molar-refractivity contribution >= 4 is 20.0 Å². The molecule has 0 saturated heterocycles. The van der Waals surface area contributed by atoms with Crippen molar-refractivity contribution in [3.63, 3.8) is 0 Å². The van der Waals surface area contributed by atoms with Gasteiger partial charge in [0, 0.05) is 0 Å². The van der Waals surface area contributed by atoms with E-state index in [0.29, 0.717) is 12.8 Å². The quantitative estimate of drug-likeness (QED) is 0.606. The van der Waals surface area contributed by atoms with E-state index in [1.54, 1.807) is 0 Å². The van der Waals surface area contributed by atoms with Crippen LogP contribution in [-0.2, 0) is 24.8 Å². The molecule has 9 heteroatoms. The maximum Gasteiger partial charge on any atom is 0.238 e. The lowest BCUT2D eigenvalue weighted by molar-refractivity contribution is 0.0666. The first-order valence-corrected chi connectivity index (χ1v) is 9.34. The second-order valence-corrected chi connectivity index (χ2v) is 8.12. The molecular weight excluding hydrogens is 292 g/mol. The van der Waals surface area contributed by atoms with Gasteiger partial charge in [-0.1, -0.05) is 26.7 Å². The van der Waals surface area contributed by atoms with Gasteiger partial charge in [0.15, 0.2) is 10.9 Å². The Morgan fingerprint density at radius 3 is 1.37 bits per heavy atom. The standard InChI is InChI=1S/C10H24N2O5S2/c1-5-7-9(18(13,14)11-3)17-10(8-6-2)19(15,16)12-4/h9-12H,5-8H2,1-4H3. The first-order chi connectivity index (χ1) is 8.75. The molecule has 0 aromatic carbocycles. The van der Waals surface area contributed by atoms with Crippen molar-refractivity contribution in [3.8, 4) is 0 Å². The van der Waals surface area contributed by atoms with E-state index in [4.69, 9.17) is 4.74 Å². The van der Waals surface area contributed by atoms with Gasteiger partial charge in [0.1, 0.15) is 0 Å². The molecule has 2 atom stereocenters. The number of hydrogen-bond acceptors (Lipinski definition) is 5. The van der Waals surface area contributed by atoms with Gasteiger partial charge in [-0.3, -0.25) is 0 Å². The Balaban J connectivity index is 5.17. The molecule has 7 nitrogen and oxygen atoms in total. The Bertz CT molecular complexity index is 405. The van der Waals surface area contributed by atoms with Gasteiger partial charge in [-0.15, -0.1) is 0 Å². The molecule has 0 aromatic rings. The zero-order valence-electron chi connectivity index (χ0n) is 11.8. The normalized spacial score (nSPS) is 16.2. The lowest BCUT2D eigenvalue weighted by atomic mass is 10.3. The number of hydrogen-bond donors (Lipinski definition) is 2. The third-order valence-corrected chi connectivity index (χ3v) is 5.83. The monoisotopic (exact) mass is 316 g/mol. The molecule has 0 amide bonds. The van der Waals surface area contributed by atoms with E-state index in [1.165, 1.54) is 14.1 Å².